The Bertz CT molecular complexity index is 539. The van der Waals surface area contributed by atoms with Gasteiger partial charge in [-0.15, -0.1) is 0 Å². The largest absolute Gasteiger partial charge is 0.358 e. The summed E-state index contributed by atoms with van der Waals surface area (Å²) in [4.78, 5) is 0.349. The first kappa shape index (κ1) is 15.5. The minimum atomic E-state index is -3.46. The normalized spacial score (nSPS) is 24.1. The van der Waals surface area contributed by atoms with Gasteiger partial charge in [0.1, 0.15) is 6.23 Å². The van der Waals surface area contributed by atoms with Crippen LogP contribution in [0.3, 0.4) is 0 Å². The topological polar surface area (TPSA) is 46.6 Å². The zero-order valence-corrected chi connectivity index (χ0v) is 13.2. The molecule has 2 rings (SSSR count). The Kier molecular flexibility index (Phi) is 4.83. The Hall–Kier alpha value is -0.910. The molecule has 0 saturated carbocycles. The van der Waals surface area contributed by atoms with Crippen molar-refractivity contribution < 1.29 is 13.2 Å². The summed E-state index contributed by atoms with van der Waals surface area (Å²) in [7, 11) is -3.46. The number of aryl methyl sites for hydroxylation is 1. The van der Waals surface area contributed by atoms with Crippen LogP contribution in [0.25, 0.3) is 0 Å². The van der Waals surface area contributed by atoms with E-state index in [9.17, 15) is 8.42 Å². The molecule has 1 fully saturated rings. The number of hydrogen-bond acceptors (Lipinski definition) is 3. The van der Waals surface area contributed by atoms with Gasteiger partial charge in [0, 0.05) is 6.54 Å². The molecule has 0 radical (unpaired) electrons. The van der Waals surface area contributed by atoms with Crippen molar-refractivity contribution in [3.8, 4) is 0 Å². The van der Waals surface area contributed by atoms with Gasteiger partial charge in [-0.2, -0.15) is 4.31 Å². The number of unbranched alkanes of at least 4 members (excludes halogenated alkanes) is 1. The Morgan fingerprint density at radius 2 is 1.95 bits per heavy atom. The molecule has 112 valence electrons. The molecular weight excluding hydrogens is 274 g/mol. The second-order valence-corrected chi connectivity index (χ2v) is 7.32. The van der Waals surface area contributed by atoms with E-state index >= 15 is 0 Å². The molecule has 2 unspecified atom stereocenters. The predicted molar refractivity (Wildman–Crippen MR) is 78.9 cm³/mol. The fourth-order valence-electron chi connectivity index (χ4n) is 2.44. The van der Waals surface area contributed by atoms with E-state index < -0.39 is 10.0 Å². The van der Waals surface area contributed by atoms with Crippen LogP contribution in [0, 0.1) is 6.92 Å². The summed E-state index contributed by atoms with van der Waals surface area (Å²) in [5.74, 6) is 0. The van der Waals surface area contributed by atoms with Crippen molar-refractivity contribution in [2.45, 2.75) is 57.3 Å². The van der Waals surface area contributed by atoms with E-state index in [-0.39, 0.29) is 12.3 Å². The van der Waals surface area contributed by atoms with E-state index in [0.29, 0.717) is 11.4 Å². The van der Waals surface area contributed by atoms with E-state index in [2.05, 4.69) is 6.92 Å². The van der Waals surface area contributed by atoms with Crippen molar-refractivity contribution in [3.05, 3.63) is 29.8 Å². The molecule has 0 bridgehead atoms. The third kappa shape index (κ3) is 3.22. The zero-order chi connectivity index (χ0) is 14.8. The molecular formula is C15H23NO3S. The van der Waals surface area contributed by atoms with Gasteiger partial charge in [-0.3, -0.25) is 0 Å². The molecule has 1 aliphatic rings. The SMILES string of the molecule is CCCCC1OC(C)CN1S(=O)(=O)c1ccc(C)cc1. The van der Waals surface area contributed by atoms with Crippen molar-refractivity contribution >= 4 is 10.0 Å². The first-order chi connectivity index (χ1) is 9.45. The monoisotopic (exact) mass is 297 g/mol. The van der Waals surface area contributed by atoms with Crippen LogP contribution < -0.4 is 0 Å². The van der Waals surface area contributed by atoms with Crippen LogP contribution >= 0.6 is 0 Å². The lowest BCUT2D eigenvalue weighted by Crippen LogP contribution is -2.36. The molecule has 2 atom stereocenters. The predicted octanol–water partition coefficient (Wildman–Crippen LogP) is 2.92. The minimum Gasteiger partial charge on any atom is -0.358 e. The Labute approximate surface area is 121 Å². The molecule has 0 aromatic heterocycles. The quantitative estimate of drug-likeness (QED) is 0.839. The lowest BCUT2D eigenvalue weighted by molar-refractivity contribution is 0.0231. The maximum absolute atomic E-state index is 12.7. The molecule has 5 heteroatoms. The molecule has 1 aliphatic heterocycles. The maximum atomic E-state index is 12.7. The van der Waals surface area contributed by atoms with Crippen LogP contribution in [0.4, 0.5) is 0 Å². The van der Waals surface area contributed by atoms with Crippen LogP contribution in [-0.4, -0.2) is 31.6 Å². The molecule has 1 heterocycles. The Morgan fingerprint density at radius 3 is 2.55 bits per heavy atom. The lowest BCUT2D eigenvalue weighted by atomic mass is 10.2. The highest BCUT2D eigenvalue weighted by atomic mass is 32.2. The molecule has 0 N–H and O–H groups in total. The molecule has 4 nitrogen and oxygen atoms in total. The van der Waals surface area contributed by atoms with Crippen molar-refractivity contribution in [2.75, 3.05) is 6.54 Å². The molecule has 20 heavy (non-hydrogen) atoms. The van der Waals surface area contributed by atoms with Crippen LogP contribution in [0.5, 0.6) is 0 Å². The zero-order valence-electron chi connectivity index (χ0n) is 12.4. The average Bonchev–Trinajstić information content (AvgIpc) is 2.79. The highest BCUT2D eigenvalue weighted by Crippen LogP contribution is 2.28. The standard InChI is InChI=1S/C15H23NO3S/c1-4-5-6-15-16(11-13(3)19-15)20(17,18)14-9-7-12(2)8-10-14/h7-10,13,15H,4-6,11H2,1-3H3. The van der Waals surface area contributed by atoms with Crippen LogP contribution in [-0.2, 0) is 14.8 Å². The van der Waals surface area contributed by atoms with E-state index in [4.69, 9.17) is 4.74 Å². The first-order valence-electron chi connectivity index (χ1n) is 7.19. The van der Waals surface area contributed by atoms with Gasteiger partial charge in [0.2, 0.25) is 10.0 Å². The number of nitrogens with zero attached hydrogens (tertiary/aromatic N) is 1. The van der Waals surface area contributed by atoms with Crippen molar-refractivity contribution in [1.82, 2.24) is 4.31 Å². The molecule has 1 aromatic rings. The second-order valence-electron chi connectivity index (χ2n) is 5.43. The maximum Gasteiger partial charge on any atom is 0.245 e. The molecule has 1 aromatic carbocycles. The summed E-state index contributed by atoms with van der Waals surface area (Å²) in [6.45, 7) is 6.40. The Balaban J connectivity index is 2.24. The van der Waals surface area contributed by atoms with Gasteiger partial charge in [0.15, 0.2) is 0 Å². The number of ether oxygens (including phenoxy) is 1. The van der Waals surface area contributed by atoms with Crippen LogP contribution in [0.2, 0.25) is 0 Å². The summed E-state index contributed by atoms with van der Waals surface area (Å²) >= 11 is 0. The minimum absolute atomic E-state index is 0.0444. The molecule has 0 spiro atoms. The van der Waals surface area contributed by atoms with Crippen molar-refractivity contribution in [3.63, 3.8) is 0 Å². The van der Waals surface area contributed by atoms with Crippen LogP contribution in [0.1, 0.15) is 38.7 Å². The highest BCUT2D eigenvalue weighted by molar-refractivity contribution is 7.89. The molecule has 1 saturated heterocycles. The number of benzene rings is 1. The fourth-order valence-corrected chi connectivity index (χ4v) is 4.06. The summed E-state index contributed by atoms with van der Waals surface area (Å²) in [6.07, 6.45) is 2.39. The summed E-state index contributed by atoms with van der Waals surface area (Å²) < 4.78 is 32.7. The van der Waals surface area contributed by atoms with Crippen molar-refractivity contribution in [1.29, 1.82) is 0 Å². The van der Waals surface area contributed by atoms with E-state index in [1.54, 1.807) is 12.1 Å². The summed E-state index contributed by atoms with van der Waals surface area (Å²) in [5, 5.41) is 0. The summed E-state index contributed by atoms with van der Waals surface area (Å²) in [5.41, 5.74) is 1.05. The molecule has 0 amide bonds. The van der Waals surface area contributed by atoms with Crippen molar-refractivity contribution in [2.24, 2.45) is 0 Å². The van der Waals surface area contributed by atoms with Gasteiger partial charge in [0.25, 0.3) is 0 Å². The number of hydrogen-bond donors (Lipinski definition) is 0. The summed E-state index contributed by atoms with van der Waals surface area (Å²) in [6, 6.07) is 7.00. The Morgan fingerprint density at radius 1 is 1.30 bits per heavy atom. The number of sulfonamides is 1. The third-order valence-electron chi connectivity index (χ3n) is 3.58. The number of rotatable bonds is 5. The van der Waals surface area contributed by atoms with Gasteiger partial charge in [-0.25, -0.2) is 8.42 Å². The van der Waals surface area contributed by atoms with Gasteiger partial charge >= 0.3 is 0 Å². The smallest absolute Gasteiger partial charge is 0.245 e. The fraction of sp³-hybridized carbons (Fsp3) is 0.600. The third-order valence-corrected chi connectivity index (χ3v) is 5.45. The van der Waals surface area contributed by atoms with Gasteiger partial charge < -0.3 is 4.74 Å². The van der Waals surface area contributed by atoms with Gasteiger partial charge in [-0.05, 0) is 38.8 Å². The van der Waals surface area contributed by atoms with E-state index in [1.165, 1.54) is 4.31 Å². The second kappa shape index (κ2) is 6.24. The lowest BCUT2D eigenvalue weighted by Gasteiger charge is -2.22. The van der Waals surface area contributed by atoms with Gasteiger partial charge in [0.05, 0.1) is 11.0 Å². The van der Waals surface area contributed by atoms with E-state index in [0.717, 1.165) is 24.8 Å². The van der Waals surface area contributed by atoms with Crippen LogP contribution in [0.15, 0.2) is 29.2 Å². The first-order valence-corrected chi connectivity index (χ1v) is 8.63. The molecule has 0 aliphatic carbocycles. The van der Waals surface area contributed by atoms with E-state index in [1.807, 2.05) is 26.0 Å². The van der Waals surface area contributed by atoms with Gasteiger partial charge in [-0.1, -0.05) is 31.0 Å². The average molecular weight is 297 g/mol. The highest BCUT2D eigenvalue weighted by Gasteiger charge is 2.38.